The summed E-state index contributed by atoms with van der Waals surface area (Å²) in [5.74, 6) is 1.93. The molecule has 0 bridgehead atoms. The molecule has 0 aliphatic carbocycles. The van der Waals surface area contributed by atoms with Crippen LogP contribution in [0.2, 0.25) is 0 Å². The van der Waals surface area contributed by atoms with Crippen molar-refractivity contribution in [1.29, 1.82) is 0 Å². The fourth-order valence-electron chi connectivity index (χ4n) is 3.05. The number of aryl methyl sites for hydroxylation is 2. The molecule has 8 nitrogen and oxygen atoms in total. The first-order valence-corrected chi connectivity index (χ1v) is 8.50. The van der Waals surface area contributed by atoms with Crippen LogP contribution in [0.4, 0.5) is 11.6 Å². The van der Waals surface area contributed by atoms with Gasteiger partial charge in [-0.1, -0.05) is 5.16 Å². The van der Waals surface area contributed by atoms with E-state index >= 15 is 0 Å². The van der Waals surface area contributed by atoms with Gasteiger partial charge in [0.1, 0.15) is 5.76 Å². The standard InChI is InChI=1S/C17H24N6O2/c1-12-6-7-16(20-19-12)23-8-4-5-14(10-23)22(3)11-17(24)18-15-9-13(2)25-21-15/h6-7,9,14H,4-5,8,10-11H2,1-3H3,(H,18,21,24)/t14-/m0/s1. The minimum atomic E-state index is -0.0944. The molecule has 3 heterocycles. The van der Waals surface area contributed by atoms with Crippen molar-refractivity contribution in [3.63, 3.8) is 0 Å². The first-order valence-electron chi connectivity index (χ1n) is 8.50. The molecule has 2 aromatic rings. The summed E-state index contributed by atoms with van der Waals surface area (Å²) in [6, 6.07) is 5.98. The Hall–Kier alpha value is -2.48. The SMILES string of the molecule is Cc1ccc(N2CCC[C@H](N(C)CC(=O)Nc3cc(C)on3)C2)nn1. The predicted molar refractivity (Wildman–Crippen MR) is 94.5 cm³/mol. The molecule has 8 heteroatoms. The molecule has 25 heavy (non-hydrogen) atoms. The number of likely N-dealkylation sites (N-methyl/N-ethyl adjacent to an activating group) is 1. The Morgan fingerprint density at radius 1 is 1.40 bits per heavy atom. The van der Waals surface area contributed by atoms with E-state index in [1.165, 1.54) is 0 Å². The quantitative estimate of drug-likeness (QED) is 0.882. The highest BCUT2D eigenvalue weighted by Gasteiger charge is 2.25. The Kier molecular flexibility index (Phi) is 5.28. The van der Waals surface area contributed by atoms with Crippen molar-refractivity contribution in [1.82, 2.24) is 20.3 Å². The summed E-state index contributed by atoms with van der Waals surface area (Å²) in [7, 11) is 1.97. The number of aromatic nitrogens is 3. The van der Waals surface area contributed by atoms with Crippen LogP contribution in [-0.2, 0) is 4.79 Å². The minimum Gasteiger partial charge on any atom is -0.360 e. The summed E-state index contributed by atoms with van der Waals surface area (Å²) in [6.07, 6.45) is 2.12. The molecule has 2 aromatic heterocycles. The van der Waals surface area contributed by atoms with E-state index in [4.69, 9.17) is 4.52 Å². The van der Waals surface area contributed by atoms with Crippen LogP contribution in [-0.4, -0.2) is 58.9 Å². The van der Waals surface area contributed by atoms with Crippen LogP contribution in [0.15, 0.2) is 22.7 Å². The molecule has 0 radical (unpaired) electrons. The van der Waals surface area contributed by atoms with E-state index in [0.717, 1.165) is 37.4 Å². The Balaban J connectivity index is 1.55. The van der Waals surface area contributed by atoms with Crippen molar-refractivity contribution in [2.45, 2.75) is 32.7 Å². The van der Waals surface area contributed by atoms with Crippen LogP contribution >= 0.6 is 0 Å². The number of piperidine rings is 1. The highest BCUT2D eigenvalue weighted by molar-refractivity contribution is 5.91. The number of amides is 1. The monoisotopic (exact) mass is 344 g/mol. The lowest BCUT2D eigenvalue weighted by Crippen LogP contribution is -2.48. The molecule has 1 atom stereocenters. The fraction of sp³-hybridized carbons (Fsp3) is 0.529. The molecule has 1 fully saturated rings. The van der Waals surface area contributed by atoms with Gasteiger partial charge in [-0.25, -0.2) is 0 Å². The predicted octanol–water partition coefficient (Wildman–Crippen LogP) is 1.62. The second kappa shape index (κ2) is 7.60. The van der Waals surface area contributed by atoms with Crippen molar-refractivity contribution in [2.24, 2.45) is 0 Å². The second-order valence-corrected chi connectivity index (χ2v) is 6.56. The first kappa shape index (κ1) is 17.3. The van der Waals surface area contributed by atoms with Crippen molar-refractivity contribution >= 4 is 17.5 Å². The van der Waals surface area contributed by atoms with Gasteiger partial charge in [-0.05, 0) is 45.9 Å². The molecule has 1 N–H and O–H groups in total. The summed E-state index contributed by atoms with van der Waals surface area (Å²) in [5, 5.41) is 15.0. The van der Waals surface area contributed by atoms with Crippen LogP contribution < -0.4 is 10.2 Å². The van der Waals surface area contributed by atoms with Gasteiger partial charge < -0.3 is 14.7 Å². The second-order valence-electron chi connectivity index (χ2n) is 6.56. The lowest BCUT2D eigenvalue weighted by molar-refractivity contribution is -0.117. The van der Waals surface area contributed by atoms with E-state index in [-0.39, 0.29) is 5.91 Å². The van der Waals surface area contributed by atoms with Crippen LogP contribution in [0.3, 0.4) is 0 Å². The highest BCUT2D eigenvalue weighted by Crippen LogP contribution is 2.20. The molecule has 1 aliphatic heterocycles. The Labute approximate surface area is 147 Å². The molecule has 3 rings (SSSR count). The first-order chi connectivity index (χ1) is 12.0. The third-order valence-corrected chi connectivity index (χ3v) is 4.42. The average Bonchev–Trinajstić information content (AvgIpc) is 3.00. The molecule has 1 amide bonds. The van der Waals surface area contributed by atoms with E-state index in [0.29, 0.717) is 24.2 Å². The summed E-state index contributed by atoms with van der Waals surface area (Å²) in [5.41, 5.74) is 0.911. The van der Waals surface area contributed by atoms with Crippen molar-refractivity contribution < 1.29 is 9.32 Å². The summed E-state index contributed by atoms with van der Waals surface area (Å²) < 4.78 is 4.96. The maximum Gasteiger partial charge on any atom is 0.239 e. The van der Waals surface area contributed by atoms with E-state index in [1.54, 1.807) is 13.0 Å². The van der Waals surface area contributed by atoms with E-state index in [9.17, 15) is 4.79 Å². The van der Waals surface area contributed by atoms with Crippen LogP contribution in [0.5, 0.6) is 0 Å². The van der Waals surface area contributed by atoms with Gasteiger partial charge in [-0.2, -0.15) is 5.10 Å². The lowest BCUT2D eigenvalue weighted by Gasteiger charge is -2.37. The van der Waals surface area contributed by atoms with Gasteiger partial charge in [-0.3, -0.25) is 9.69 Å². The third kappa shape index (κ3) is 4.54. The molecular weight excluding hydrogens is 320 g/mol. The van der Waals surface area contributed by atoms with Crippen molar-refractivity contribution in [2.75, 3.05) is 36.9 Å². The summed E-state index contributed by atoms with van der Waals surface area (Å²) in [6.45, 7) is 5.83. The van der Waals surface area contributed by atoms with Crippen LogP contribution in [0.1, 0.15) is 24.3 Å². The number of anilines is 2. The Morgan fingerprint density at radius 3 is 2.92 bits per heavy atom. The molecule has 1 saturated heterocycles. The minimum absolute atomic E-state index is 0.0944. The smallest absolute Gasteiger partial charge is 0.239 e. The topological polar surface area (TPSA) is 87.4 Å². The maximum absolute atomic E-state index is 12.2. The lowest BCUT2D eigenvalue weighted by atomic mass is 10.0. The van der Waals surface area contributed by atoms with E-state index in [2.05, 4.69) is 30.5 Å². The average molecular weight is 344 g/mol. The highest BCUT2D eigenvalue weighted by atomic mass is 16.5. The summed E-state index contributed by atoms with van der Waals surface area (Å²) >= 11 is 0. The zero-order chi connectivity index (χ0) is 17.8. The van der Waals surface area contributed by atoms with Gasteiger partial charge in [0.05, 0.1) is 12.2 Å². The molecule has 0 saturated carbocycles. The van der Waals surface area contributed by atoms with Gasteiger partial charge in [-0.15, -0.1) is 5.10 Å². The summed E-state index contributed by atoms with van der Waals surface area (Å²) in [4.78, 5) is 16.5. The molecular formula is C17H24N6O2. The number of hydrogen-bond acceptors (Lipinski definition) is 7. The van der Waals surface area contributed by atoms with Gasteiger partial charge in [0.25, 0.3) is 0 Å². The van der Waals surface area contributed by atoms with Gasteiger partial charge in [0.2, 0.25) is 5.91 Å². The Bertz CT molecular complexity index is 714. The normalized spacial score (nSPS) is 17.8. The molecule has 0 unspecified atom stereocenters. The fourth-order valence-corrected chi connectivity index (χ4v) is 3.05. The largest absolute Gasteiger partial charge is 0.360 e. The maximum atomic E-state index is 12.2. The van der Waals surface area contributed by atoms with Gasteiger partial charge in [0.15, 0.2) is 11.6 Å². The van der Waals surface area contributed by atoms with Crippen LogP contribution in [0.25, 0.3) is 0 Å². The third-order valence-electron chi connectivity index (χ3n) is 4.42. The van der Waals surface area contributed by atoms with Gasteiger partial charge >= 0.3 is 0 Å². The van der Waals surface area contributed by atoms with Crippen molar-refractivity contribution in [3.8, 4) is 0 Å². The molecule has 0 spiro atoms. The number of carbonyl (C=O) groups excluding carboxylic acids is 1. The molecule has 134 valence electrons. The number of hydrogen-bond donors (Lipinski definition) is 1. The number of nitrogens with one attached hydrogen (secondary N) is 1. The Morgan fingerprint density at radius 2 is 2.24 bits per heavy atom. The number of carbonyl (C=O) groups is 1. The number of nitrogens with zero attached hydrogens (tertiary/aromatic N) is 5. The molecule has 1 aliphatic rings. The number of rotatable bonds is 5. The van der Waals surface area contributed by atoms with Crippen LogP contribution in [0, 0.1) is 13.8 Å². The zero-order valence-corrected chi connectivity index (χ0v) is 14.9. The van der Waals surface area contributed by atoms with E-state index < -0.39 is 0 Å². The van der Waals surface area contributed by atoms with E-state index in [1.807, 2.05) is 26.1 Å². The zero-order valence-electron chi connectivity index (χ0n) is 14.9. The molecule has 0 aromatic carbocycles. The van der Waals surface area contributed by atoms with Crippen molar-refractivity contribution in [3.05, 3.63) is 29.7 Å². The van der Waals surface area contributed by atoms with Gasteiger partial charge in [0, 0.05) is 25.2 Å².